The van der Waals surface area contributed by atoms with Crippen molar-refractivity contribution in [3.05, 3.63) is 59.7 Å². The lowest BCUT2D eigenvalue weighted by atomic mass is 9.99. The molecule has 0 radical (unpaired) electrons. The molecule has 29 heavy (non-hydrogen) atoms. The molecule has 0 saturated carbocycles. The van der Waals surface area contributed by atoms with Crippen molar-refractivity contribution in [2.45, 2.75) is 26.2 Å². The number of hydrogen-bond donors (Lipinski definition) is 1. The molecule has 0 aliphatic heterocycles. The summed E-state index contributed by atoms with van der Waals surface area (Å²) in [6.45, 7) is 3.92. The molecule has 0 aliphatic rings. The van der Waals surface area contributed by atoms with E-state index in [1.54, 1.807) is 31.4 Å². The van der Waals surface area contributed by atoms with Gasteiger partial charge in [0, 0.05) is 17.3 Å². The zero-order valence-corrected chi connectivity index (χ0v) is 17.2. The van der Waals surface area contributed by atoms with Gasteiger partial charge in [-0.3, -0.25) is 4.79 Å². The summed E-state index contributed by atoms with van der Waals surface area (Å²) in [5.74, 6) is 0.667. The molecule has 2 rings (SSSR count). The number of esters is 1. The highest BCUT2D eigenvalue weighted by molar-refractivity contribution is 5.94. The summed E-state index contributed by atoms with van der Waals surface area (Å²) in [6.07, 6.45) is 3.84. The molecule has 0 unspecified atom stereocenters. The summed E-state index contributed by atoms with van der Waals surface area (Å²) in [7, 11) is 3.09. The van der Waals surface area contributed by atoms with Gasteiger partial charge in [0.05, 0.1) is 14.2 Å². The summed E-state index contributed by atoms with van der Waals surface area (Å²) < 4.78 is 15.4. The van der Waals surface area contributed by atoms with E-state index in [1.807, 2.05) is 24.3 Å². The highest BCUT2D eigenvalue weighted by atomic mass is 16.5. The molecule has 1 amide bonds. The van der Waals surface area contributed by atoms with Crippen molar-refractivity contribution in [2.24, 2.45) is 0 Å². The first kappa shape index (κ1) is 22.0. The number of anilines is 1. The van der Waals surface area contributed by atoms with Gasteiger partial charge in [-0.25, -0.2) is 4.79 Å². The fourth-order valence-electron chi connectivity index (χ4n) is 2.64. The number of carbonyl (C=O) groups is 2. The topological polar surface area (TPSA) is 73.9 Å². The van der Waals surface area contributed by atoms with E-state index in [9.17, 15) is 9.59 Å². The SMILES string of the molecule is CC[C@@H](C)c1ccc(NC(=O)COC(=O)/C=C/c2cc(OC)ccc2OC)cc1. The third kappa shape index (κ3) is 6.68. The second kappa shape index (κ2) is 10.9. The van der Waals surface area contributed by atoms with E-state index in [-0.39, 0.29) is 6.61 Å². The van der Waals surface area contributed by atoms with Crippen LogP contribution in [0.5, 0.6) is 11.5 Å². The van der Waals surface area contributed by atoms with Crippen molar-refractivity contribution in [2.75, 3.05) is 26.1 Å². The van der Waals surface area contributed by atoms with Crippen LogP contribution in [0, 0.1) is 0 Å². The molecule has 6 nitrogen and oxygen atoms in total. The van der Waals surface area contributed by atoms with Crippen LogP contribution in [0.4, 0.5) is 5.69 Å². The summed E-state index contributed by atoms with van der Waals surface area (Å²) in [5.41, 5.74) is 2.54. The zero-order valence-electron chi connectivity index (χ0n) is 17.2. The Morgan fingerprint density at radius 1 is 1.07 bits per heavy atom. The molecular weight excluding hydrogens is 370 g/mol. The number of carbonyl (C=O) groups excluding carboxylic acids is 2. The highest BCUT2D eigenvalue weighted by Gasteiger charge is 2.08. The molecule has 0 aromatic heterocycles. The third-order valence-corrected chi connectivity index (χ3v) is 4.56. The van der Waals surface area contributed by atoms with Crippen molar-refractivity contribution < 1.29 is 23.8 Å². The van der Waals surface area contributed by atoms with Crippen LogP contribution in [0.3, 0.4) is 0 Å². The molecule has 0 bridgehead atoms. The maximum absolute atomic E-state index is 12.0. The van der Waals surface area contributed by atoms with E-state index in [0.29, 0.717) is 28.7 Å². The number of rotatable bonds is 9. The molecule has 2 aromatic carbocycles. The predicted molar refractivity (Wildman–Crippen MR) is 113 cm³/mol. The molecule has 0 saturated heterocycles. The first-order valence-electron chi connectivity index (χ1n) is 9.43. The fraction of sp³-hybridized carbons (Fsp3) is 0.304. The summed E-state index contributed by atoms with van der Waals surface area (Å²) in [4.78, 5) is 23.9. The smallest absolute Gasteiger partial charge is 0.331 e. The minimum atomic E-state index is -0.628. The average Bonchev–Trinajstić information content (AvgIpc) is 2.75. The lowest BCUT2D eigenvalue weighted by Crippen LogP contribution is -2.20. The van der Waals surface area contributed by atoms with Crippen molar-refractivity contribution in [1.82, 2.24) is 0 Å². The molecule has 1 atom stereocenters. The highest BCUT2D eigenvalue weighted by Crippen LogP contribution is 2.25. The first-order valence-corrected chi connectivity index (χ1v) is 9.43. The monoisotopic (exact) mass is 397 g/mol. The normalized spacial score (nSPS) is 11.7. The van der Waals surface area contributed by atoms with Crippen molar-refractivity contribution in [1.29, 1.82) is 0 Å². The van der Waals surface area contributed by atoms with E-state index < -0.39 is 11.9 Å². The maximum Gasteiger partial charge on any atom is 0.331 e. The maximum atomic E-state index is 12.0. The molecule has 1 N–H and O–H groups in total. The Labute approximate surface area is 171 Å². The minimum absolute atomic E-state index is 0.370. The van der Waals surface area contributed by atoms with E-state index >= 15 is 0 Å². The second-order valence-corrected chi connectivity index (χ2v) is 6.53. The summed E-state index contributed by atoms with van der Waals surface area (Å²) in [6, 6.07) is 12.9. The van der Waals surface area contributed by atoms with Crippen LogP contribution in [0.15, 0.2) is 48.5 Å². The molecule has 6 heteroatoms. The van der Waals surface area contributed by atoms with Crippen LogP contribution in [0.25, 0.3) is 6.08 Å². The minimum Gasteiger partial charge on any atom is -0.497 e. The average molecular weight is 397 g/mol. The van der Waals surface area contributed by atoms with Crippen molar-refractivity contribution in [3.63, 3.8) is 0 Å². The number of hydrogen-bond acceptors (Lipinski definition) is 5. The fourth-order valence-corrected chi connectivity index (χ4v) is 2.64. The number of ether oxygens (including phenoxy) is 3. The van der Waals surface area contributed by atoms with Gasteiger partial charge in [-0.2, -0.15) is 0 Å². The van der Waals surface area contributed by atoms with E-state index in [2.05, 4.69) is 19.2 Å². The lowest BCUT2D eigenvalue weighted by Gasteiger charge is -2.10. The van der Waals surface area contributed by atoms with Gasteiger partial charge < -0.3 is 19.5 Å². The zero-order chi connectivity index (χ0) is 21.2. The van der Waals surface area contributed by atoms with Gasteiger partial charge in [0.1, 0.15) is 11.5 Å². The van der Waals surface area contributed by atoms with Crippen LogP contribution < -0.4 is 14.8 Å². The van der Waals surface area contributed by atoms with E-state index in [1.165, 1.54) is 18.7 Å². The first-order chi connectivity index (χ1) is 14.0. The van der Waals surface area contributed by atoms with Gasteiger partial charge in [0.2, 0.25) is 0 Å². The van der Waals surface area contributed by atoms with Gasteiger partial charge in [-0.1, -0.05) is 26.0 Å². The molecule has 154 valence electrons. The molecule has 0 heterocycles. The lowest BCUT2D eigenvalue weighted by molar-refractivity contribution is -0.142. The second-order valence-electron chi connectivity index (χ2n) is 6.53. The van der Waals surface area contributed by atoms with Crippen LogP contribution in [0.2, 0.25) is 0 Å². The Morgan fingerprint density at radius 3 is 2.41 bits per heavy atom. The van der Waals surface area contributed by atoms with Crippen molar-refractivity contribution >= 4 is 23.6 Å². The van der Waals surface area contributed by atoms with E-state index in [4.69, 9.17) is 14.2 Å². The van der Waals surface area contributed by atoms with Crippen LogP contribution >= 0.6 is 0 Å². The van der Waals surface area contributed by atoms with Crippen LogP contribution in [0.1, 0.15) is 37.3 Å². The number of nitrogens with one attached hydrogen (secondary N) is 1. The predicted octanol–water partition coefficient (Wildman–Crippen LogP) is 4.41. The Hall–Kier alpha value is -3.28. The van der Waals surface area contributed by atoms with Crippen LogP contribution in [-0.2, 0) is 14.3 Å². The number of amides is 1. The molecular formula is C23H27NO5. The number of benzene rings is 2. The van der Waals surface area contributed by atoms with E-state index in [0.717, 1.165) is 6.42 Å². The van der Waals surface area contributed by atoms with Crippen LogP contribution in [-0.4, -0.2) is 32.7 Å². The standard InChI is InChI=1S/C23H27NO5/c1-5-16(2)17-6-9-19(10-7-17)24-22(25)15-29-23(26)13-8-18-14-20(27-3)11-12-21(18)28-4/h6-14,16H,5,15H2,1-4H3,(H,24,25)/b13-8+/t16-/m1/s1. The Morgan fingerprint density at radius 2 is 1.79 bits per heavy atom. The summed E-state index contributed by atoms with van der Waals surface area (Å²) >= 11 is 0. The largest absolute Gasteiger partial charge is 0.497 e. The summed E-state index contributed by atoms with van der Waals surface area (Å²) in [5, 5.41) is 2.71. The quantitative estimate of drug-likeness (QED) is 0.501. The number of methoxy groups -OCH3 is 2. The Bertz CT molecular complexity index is 858. The van der Waals surface area contributed by atoms with Crippen molar-refractivity contribution in [3.8, 4) is 11.5 Å². The molecule has 2 aromatic rings. The van der Waals surface area contributed by atoms with Gasteiger partial charge in [0.15, 0.2) is 6.61 Å². The third-order valence-electron chi connectivity index (χ3n) is 4.56. The van der Waals surface area contributed by atoms with Gasteiger partial charge in [-0.05, 0) is 54.3 Å². The molecule has 0 fully saturated rings. The molecule has 0 aliphatic carbocycles. The van der Waals surface area contributed by atoms with Gasteiger partial charge in [0.25, 0.3) is 5.91 Å². The van der Waals surface area contributed by atoms with Gasteiger partial charge >= 0.3 is 5.97 Å². The Kier molecular flexibility index (Phi) is 8.27. The Balaban J connectivity index is 1.87. The van der Waals surface area contributed by atoms with Gasteiger partial charge in [-0.15, -0.1) is 0 Å². The molecule has 0 spiro atoms.